The molecule has 0 aromatic heterocycles. The number of carbonyl (C=O) groups is 2. The first-order valence-corrected chi connectivity index (χ1v) is 12.9. The van der Waals surface area contributed by atoms with Gasteiger partial charge < -0.3 is 5.32 Å². The maximum atomic E-state index is 12.7. The number of aryl methyl sites for hydroxylation is 2. The van der Waals surface area contributed by atoms with Crippen LogP contribution in [-0.4, -0.2) is 17.6 Å². The molecule has 0 bridgehead atoms. The van der Waals surface area contributed by atoms with Crippen molar-refractivity contribution < 1.29 is 9.59 Å². The van der Waals surface area contributed by atoms with Crippen molar-refractivity contribution in [2.24, 2.45) is 0 Å². The molecule has 1 unspecified atom stereocenters. The Balaban J connectivity index is 1.60. The maximum Gasteiger partial charge on any atom is 0.238 e. The van der Waals surface area contributed by atoms with Crippen LogP contribution in [0.4, 0.5) is 11.4 Å². The number of thioether (sulfide) groups is 1. The smallest absolute Gasteiger partial charge is 0.238 e. The summed E-state index contributed by atoms with van der Waals surface area (Å²) in [4.78, 5) is 27.0. The quantitative estimate of drug-likeness (QED) is 0.368. The molecule has 1 heterocycles. The summed E-state index contributed by atoms with van der Waals surface area (Å²) in [6.45, 7) is 6.34. The lowest BCUT2D eigenvalue weighted by atomic mass is 10.1. The first-order valence-electron chi connectivity index (χ1n) is 11.9. The summed E-state index contributed by atoms with van der Waals surface area (Å²) in [5, 5.41) is 2.97. The average Bonchev–Trinajstić information content (AvgIpc) is 3.14. The van der Waals surface area contributed by atoms with Crippen molar-refractivity contribution in [3.05, 3.63) is 59.2 Å². The highest BCUT2D eigenvalue weighted by Gasteiger charge is 2.34. The molecule has 0 saturated carbocycles. The van der Waals surface area contributed by atoms with E-state index in [2.05, 4.69) is 44.3 Å². The van der Waals surface area contributed by atoms with Gasteiger partial charge in [-0.2, -0.15) is 0 Å². The van der Waals surface area contributed by atoms with Crippen LogP contribution in [0.3, 0.4) is 0 Å². The maximum absolute atomic E-state index is 12.7. The van der Waals surface area contributed by atoms with Crippen molar-refractivity contribution in [2.75, 3.05) is 16.0 Å². The van der Waals surface area contributed by atoms with Crippen molar-refractivity contribution in [3.63, 3.8) is 0 Å². The number of amides is 2. The Morgan fingerprint density at radius 1 is 1.00 bits per heavy atom. The fourth-order valence-electron chi connectivity index (χ4n) is 4.28. The lowest BCUT2D eigenvalue weighted by molar-refractivity contribution is -0.117. The molecule has 1 aliphatic rings. The topological polar surface area (TPSA) is 49.4 Å². The van der Waals surface area contributed by atoms with E-state index in [-0.39, 0.29) is 17.2 Å². The van der Waals surface area contributed by atoms with Gasteiger partial charge in [0.1, 0.15) is 5.37 Å². The molecule has 4 nitrogen and oxygen atoms in total. The van der Waals surface area contributed by atoms with Gasteiger partial charge in [-0.05, 0) is 61.2 Å². The summed E-state index contributed by atoms with van der Waals surface area (Å²) in [6.07, 6.45) is 8.96. The lowest BCUT2D eigenvalue weighted by Gasteiger charge is -2.25. The molecule has 1 atom stereocenters. The van der Waals surface area contributed by atoms with Crippen molar-refractivity contribution >= 4 is 35.0 Å². The summed E-state index contributed by atoms with van der Waals surface area (Å²) >= 11 is 1.63. The molecule has 0 radical (unpaired) electrons. The molecule has 1 saturated heterocycles. The van der Waals surface area contributed by atoms with Crippen LogP contribution in [-0.2, 0) is 9.59 Å². The number of anilines is 2. The normalized spacial score (nSPS) is 15.9. The summed E-state index contributed by atoms with van der Waals surface area (Å²) in [6, 6.07) is 14.2. The molecule has 2 aromatic carbocycles. The Labute approximate surface area is 197 Å². The van der Waals surface area contributed by atoms with Crippen LogP contribution in [0.5, 0.6) is 0 Å². The van der Waals surface area contributed by atoms with Crippen molar-refractivity contribution in [2.45, 2.75) is 77.5 Å². The molecule has 1 N–H and O–H groups in total. The molecular weight excluding hydrogens is 416 g/mol. The second-order valence-corrected chi connectivity index (χ2v) is 9.89. The first-order chi connectivity index (χ1) is 15.5. The number of nitrogens with zero attached hydrogens (tertiary/aromatic N) is 1. The third kappa shape index (κ3) is 6.86. The fourth-order valence-corrected chi connectivity index (χ4v) is 5.44. The number of rotatable bonds is 11. The minimum absolute atomic E-state index is 0.0667. The highest BCUT2D eigenvalue weighted by atomic mass is 32.2. The van der Waals surface area contributed by atoms with Crippen LogP contribution in [0.2, 0.25) is 0 Å². The van der Waals surface area contributed by atoms with Gasteiger partial charge in [0.25, 0.3) is 0 Å². The highest BCUT2D eigenvalue weighted by Crippen LogP contribution is 2.42. The van der Waals surface area contributed by atoms with E-state index >= 15 is 0 Å². The molecule has 1 aliphatic heterocycles. The molecule has 2 amide bonds. The Bertz CT molecular complexity index is 907. The van der Waals surface area contributed by atoms with Crippen LogP contribution in [0.25, 0.3) is 0 Å². The second-order valence-electron chi connectivity index (χ2n) is 8.82. The van der Waals surface area contributed by atoms with E-state index in [0.29, 0.717) is 12.2 Å². The van der Waals surface area contributed by atoms with Crippen molar-refractivity contribution in [1.82, 2.24) is 0 Å². The van der Waals surface area contributed by atoms with Crippen molar-refractivity contribution in [1.29, 1.82) is 0 Å². The van der Waals surface area contributed by atoms with Gasteiger partial charge >= 0.3 is 0 Å². The number of benzene rings is 2. The zero-order valence-electron chi connectivity index (χ0n) is 19.7. The SMILES string of the molecule is CCCCCCCCCC(=O)Nc1cccc(C2SCC(=O)N2c2cc(C)cc(C)c2)c1. The van der Waals surface area contributed by atoms with E-state index in [4.69, 9.17) is 0 Å². The summed E-state index contributed by atoms with van der Waals surface area (Å²) in [7, 11) is 0. The zero-order valence-corrected chi connectivity index (χ0v) is 20.5. The Morgan fingerprint density at radius 2 is 1.69 bits per heavy atom. The number of unbranched alkanes of at least 4 members (excludes halogenated alkanes) is 6. The molecule has 2 aromatic rings. The average molecular weight is 453 g/mol. The number of hydrogen-bond donors (Lipinski definition) is 1. The van der Waals surface area contributed by atoms with Gasteiger partial charge in [-0.15, -0.1) is 11.8 Å². The minimum Gasteiger partial charge on any atom is -0.326 e. The van der Waals surface area contributed by atoms with E-state index in [1.165, 1.54) is 32.1 Å². The van der Waals surface area contributed by atoms with Crippen LogP contribution >= 0.6 is 11.8 Å². The van der Waals surface area contributed by atoms with Crippen molar-refractivity contribution in [3.8, 4) is 0 Å². The lowest BCUT2D eigenvalue weighted by Crippen LogP contribution is -2.28. The van der Waals surface area contributed by atoms with Gasteiger partial charge in [0.15, 0.2) is 0 Å². The molecular formula is C27H36N2O2S. The predicted molar refractivity (Wildman–Crippen MR) is 136 cm³/mol. The predicted octanol–water partition coefficient (Wildman–Crippen LogP) is 7.16. The van der Waals surface area contributed by atoms with Gasteiger partial charge in [0.05, 0.1) is 5.75 Å². The Kier molecular flexibility index (Phi) is 9.22. The highest BCUT2D eigenvalue weighted by molar-refractivity contribution is 8.00. The Morgan fingerprint density at radius 3 is 2.41 bits per heavy atom. The van der Waals surface area contributed by atoms with E-state index in [1.54, 1.807) is 11.8 Å². The summed E-state index contributed by atoms with van der Waals surface area (Å²) in [5.41, 5.74) is 5.07. The number of nitrogens with one attached hydrogen (secondary N) is 1. The van der Waals surface area contributed by atoms with Gasteiger partial charge in [0.2, 0.25) is 11.8 Å². The molecule has 1 fully saturated rings. The second kappa shape index (κ2) is 12.1. The zero-order chi connectivity index (χ0) is 22.9. The van der Waals surface area contributed by atoms with E-state index < -0.39 is 0 Å². The van der Waals surface area contributed by atoms with Gasteiger partial charge in [0, 0.05) is 17.8 Å². The standard InChI is InChI=1S/C27H36N2O2S/c1-4-5-6-7-8-9-10-14-25(30)28-23-13-11-12-22(18-23)27-29(26(31)19-32-27)24-16-20(2)15-21(3)17-24/h11-13,15-18,27H,4-10,14,19H2,1-3H3,(H,28,30). The van der Waals surface area contributed by atoms with Gasteiger partial charge in [-0.1, -0.05) is 63.6 Å². The molecule has 32 heavy (non-hydrogen) atoms. The van der Waals surface area contributed by atoms with E-state index in [0.717, 1.165) is 40.9 Å². The monoisotopic (exact) mass is 452 g/mol. The van der Waals surface area contributed by atoms with Crippen LogP contribution in [0.15, 0.2) is 42.5 Å². The third-order valence-corrected chi connectivity index (χ3v) is 7.03. The van der Waals surface area contributed by atoms with Crippen LogP contribution < -0.4 is 10.2 Å². The molecule has 0 spiro atoms. The fraction of sp³-hybridized carbons (Fsp3) is 0.481. The molecule has 3 rings (SSSR count). The first kappa shape index (κ1) is 24.4. The van der Waals surface area contributed by atoms with Crippen LogP contribution in [0, 0.1) is 13.8 Å². The van der Waals surface area contributed by atoms with E-state index in [9.17, 15) is 9.59 Å². The summed E-state index contributed by atoms with van der Waals surface area (Å²) < 4.78 is 0. The Hall–Kier alpha value is -2.27. The van der Waals surface area contributed by atoms with E-state index in [1.807, 2.05) is 29.2 Å². The number of carbonyl (C=O) groups excluding carboxylic acids is 2. The molecule has 172 valence electrons. The number of hydrogen-bond acceptors (Lipinski definition) is 3. The minimum atomic E-state index is -0.0799. The van der Waals surface area contributed by atoms with Gasteiger partial charge in [-0.3, -0.25) is 14.5 Å². The largest absolute Gasteiger partial charge is 0.326 e. The van der Waals surface area contributed by atoms with Crippen LogP contribution in [0.1, 0.15) is 80.4 Å². The summed E-state index contributed by atoms with van der Waals surface area (Å²) in [5.74, 6) is 0.655. The van der Waals surface area contributed by atoms with Gasteiger partial charge in [-0.25, -0.2) is 0 Å². The molecule has 0 aliphatic carbocycles. The molecule has 5 heteroatoms. The third-order valence-electron chi connectivity index (χ3n) is 5.82.